The fourth-order valence-corrected chi connectivity index (χ4v) is 5.80. The highest BCUT2D eigenvalue weighted by molar-refractivity contribution is 6.30. The molecule has 0 unspecified atom stereocenters. The number of halogens is 1. The summed E-state index contributed by atoms with van der Waals surface area (Å²) in [4.78, 5) is 17.7. The molecule has 2 aliphatic rings. The van der Waals surface area contributed by atoms with Gasteiger partial charge in [-0.3, -0.25) is 9.69 Å². The smallest absolute Gasteiger partial charge is 0.257 e. The van der Waals surface area contributed by atoms with Crippen LogP contribution in [0.5, 0.6) is 11.5 Å². The summed E-state index contributed by atoms with van der Waals surface area (Å²) >= 11 is 6.08. The molecule has 2 fully saturated rings. The van der Waals surface area contributed by atoms with Crippen molar-refractivity contribution < 1.29 is 14.3 Å². The van der Waals surface area contributed by atoms with Gasteiger partial charge in [0, 0.05) is 30.2 Å². The Balaban J connectivity index is 1.14. The van der Waals surface area contributed by atoms with Crippen molar-refractivity contribution in [1.82, 2.24) is 9.80 Å². The molecular formula is C31H35ClN2O3. The van der Waals surface area contributed by atoms with Gasteiger partial charge in [-0.1, -0.05) is 60.1 Å². The molecule has 3 aromatic rings. The van der Waals surface area contributed by atoms with Gasteiger partial charge in [-0.2, -0.15) is 0 Å². The van der Waals surface area contributed by atoms with E-state index in [0.29, 0.717) is 28.4 Å². The predicted octanol–water partition coefficient (Wildman–Crippen LogP) is 6.45. The lowest BCUT2D eigenvalue weighted by Gasteiger charge is -2.47. The molecule has 37 heavy (non-hydrogen) atoms. The molecule has 2 saturated heterocycles. The van der Waals surface area contributed by atoms with Gasteiger partial charge in [-0.05, 0) is 74.0 Å². The zero-order chi connectivity index (χ0) is 25.7. The average Bonchev–Trinajstić information content (AvgIpc) is 2.94. The minimum absolute atomic E-state index is 0.0351. The molecule has 0 N–H and O–H groups in total. The predicted molar refractivity (Wildman–Crippen MR) is 147 cm³/mol. The summed E-state index contributed by atoms with van der Waals surface area (Å²) in [5.41, 5.74) is 3.34. The molecule has 6 heteroatoms. The Kier molecular flexibility index (Phi) is 8.02. The van der Waals surface area contributed by atoms with Crippen LogP contribution in [-0.2, 0) is 13.2 Å². The molecule has 1 spiro atoms. The number of amides is 1. The zero-order valence-electron chi connectivity index (χ0n) is 21.5. The number of ether oxygens (including phenoxy) is 2. The number of carbonyl (C=O) groups is 1. The number of hydrogen-bond acceptors (Lipinski definition) is 4. The van der Waals surface area contributed by atoms with Gasteiger partial charge in [0.05, 0.1) is 12.7 Å². The fourth-order valence-electron chi connectivity index (χ4n) is 5.63. The summed E-state index contributed by atoms with van der Waals surface area (Å²) in [5.74, 6) is 1.54. The summed E-state index contributed by atoms with van der Waals surface area (Å²) < 4.78 is 11.6. The standard InChI is InChI=1S/C31H35ClN2O3/c1-36-29-21-26(32)11-12-27(29)30(35)34-19-15-31(16-20-34)13-17-33(18-14-31)22-25-9-5-6-10-28(25)37-23-24-7-3-2-4-8-24/h2-12,21H,13-20,22-23H2,1H3. The van der Waals surface area contributed by atoms with Crippen LogP contribution in [0, 0.1) is 5.41 Å². The molecule has 0 aliphatic carbocycles. The first-order valence-electron chi connectivity index (χ1n) is 13.2. The lowest BCUT2D eigenvalue weighted by atomic mass is 9.71. The number of piperidine rings is 2. The third-order valence-corrected chi connectivity index (χ3v) is 8.26. The summed E-state index contributed by atoms with van der Waals surface area (Å²) in [6, 6.07) is 23.9. The van der Waals surface area contributed by atoms with E-state index in [0.717, 1.165) is 51.3 Å². The maximum Gasteiger partial charge on any atom is 0.257 e. The van der Waals surface area contributed by atoms with Crippen molar-refractivity contribution in [3.8, 4) is 11.5 Å². The number of para-hydroxylation sites is 1. The van der Waals surface area contributed by atoms with Gasteiger partial charge >= 0.3 is 0 Å². The summed E-state index contributed by atoms with van der Waals surface area (Å²) in [7, 11) is 1.58. The van der Waals surface area contributed by atoms with Crippen LogP contribution in [0.4, 0.5) is 0 Å². The number of rotatable bonds is 7. The molecule has 194 valence electrons. The second kappa shape index (κ2) is 11.6. The van der Waals surface area contributed by atoms with Crippen LogP contribution in [0.1, 0.15) is 47.2 Å². The van der Waals surface area contributed by atoms with Gasteiger partial charge in [-0.25, -0.2) is 0 Å². The van der Waals surface area contributed by atoms with Gasteiger partial charge in [0.2, 0.25) is 0 Å². The van der Waals surface area contributed by atoms with Gasteiger partial charge < -0.3 is 14.4 Å². The van der Waals surface area contributed by atoms with Crippen LogP contribution in [-0.4, -0.2) is 49.0 Å². The molecule has 1 amide bonds. The lowest BCUT2D eigenvalue weighted by Crippen LogP contribution is -2.48. The molecule has 2 aliphatic heterocycles. The van der Waals surface area contributed by atoms with Crippen molar-refractivity contribution in [3.63, 3.8) is 0 Å². The summed E-state index contributed by atoms with van der Waals surface area (Å²) in [6.45, 7) is 5.22. The number of benzene rings is 3. The number of carbonyl (C=O) groups excluding carboxylic acids is 1. The molecular weight excluding hydrogens is 484 g/mol. The van der Waals surface area contributed by atoms with Gasteiger partial charge in [-0.15, -0.1) is 0 Å². The third-order valence-electron chi connectivity index (χ3n) is 8.03. The van der Waals surface area contributed by atoms with Gasteiger partial charge in [0.1, 0.15) is 18.1 Å². The Hall–Kier alpha value is -3.02. The SMILES string of the molecule is COc1cc(Cl)ccc1C(=O)N1CCC2(CCN(Cc3ccccc3OCc3ccccc3)CC2)CC1. The second-order valence-corrected chi connectivity index (χ2v) is 10.7. The van der Waals surface area contributed by atoms with E-state index in [1.807, 2.05) is 29.2 Å². The molecule has 0 radical (unpaired) electrons. The first kappa shape index (κ1) is 25.6. The first-order chi connectivity index (χ1) is 18.0. The van der Waals surface area contributed by atoms with Crippen LogP contribution < -0.4 is 9.47 Å². The van der Waals surface area contributed by atoms with E-state index in [4.69, 9.17) is 21.1 Å². The van der Waals surface area contributed by atoms with Crippen LogP contribution in [0.3, 0.4) is 0 Å². The highest BCUT2D eigenvalue weighted by Crippen LogP contribution is 2.42. The summed E-state index contributed by atoms with van der Waals surface area (Å²) in [5, 5.41) is 0.572. The number of likely N-dealkylation sites (tertiary alicyclic amines) is 2. The minimum Gasteiger partial charge on any atom is -0.496 e. The highest BCUT2D eigenvalue weighted by Gasteiger charge is 2.39. The maximum atomic E-state index is 13.2. The van der Waals surface area contributed by atoms with Crippen LogP contribution in [0.25, 0.3) is 0 Å². The number of nitrogens with zero attached hydrogens (tertiary/aromatic N) is 2. The van der Waals surface area contributed by atoms with E-state index in [-0.39, 0.29) is 5.91 Å². The van der Waals surface area contributed by atoms with Crippen molar-refractivity contribution >= 4 is 17.5 Å². The highest BCUT2D eigenvalue weighted by atomic mass is 35.5. The quantitative estimate of drug-likeness (QED) is 0.360. The van der Waals surface area contributed by atoms with Crippen molar-refractivity contribution in [2.45, 2.75) is 38.8 Å². The third kappa shape index (κ3) is 6.11. The normalized spacial score (nSPS) is 17.5. The van der Waals surface area contributed by atoms with E-state index < -0.39 is 0 Å². The zero-order valence-corrected chi connectivity index (χ0v) is 22.3. The minimum atomic E-state index is 0.0351. The fraction of sp³-hybridized carbons (Fsp3) is 0.387. The van der Waals surface area contributed by atoms with Crippen molar-refractivity contribution in [3.05, 3.63) is 94.5 Å². The maximum absolute atomic E-state index is 13.2. The second-order valence-electron chi connectivity index (χ2n) is 10.3. The Morgan fingerprint density at radius 3 is 2.27 bits per heavy atom. The largest absolute Gasteiger partial charge is 0.496 e. The van der Waals surface area contributed by atoms with Crippen molar-refractivity contribution in [2.75, 3.05) is 33.3 Å². The van der Waals surface area contributed by atoms with E-state index >= 15 is 0 Å². The van der Waals surface area contributed by atoms with Gasteiger partial charge in [0.15, 0.2) is 0 Å². The van der Waals surface area contributed by atoms with Crippen LogP contribution >= 0.6 is 11.6 Å². The van der Waals surface area contributed by atoms with E-state index in [9.17, 15) is 4.79 Å². The van der Waals surface area contributed by atoms with Gasteiger partial charge in [0.25, 0.3) is 5.91 Å². The van der Waals surface area contributed by atoms with E-state index in [1.54, 1.807) is 25.3 Å². The molecule has 3 aromatic carbocycles. The number of methoxy groups -OCH3 is 1. The monoisotopic (exact) mass is 518 g/mol. The molecule has 5 rings (SSSR count). The average molecular weight is 519 g/mol. The lowest BCUT2D eigenvalue weighted by molar-refractivity contribution is 0.0282. The topological polar surface area (TPSA) is 42.0 Å². The Bertz CT molecular complexity index is 1200. The Morgan fingerprint density at radius 1 is 0.865 bits per heavy atom. The molecule has 0 atom stereocenters. The van der Waals surface area contributed by atoms with Crippen LogP contribution in [0.15, 0.2) is 72.8 Å². The Morgan fingerprint density at radius 2 is 1.54 bits per heavy atom. The number of hydrogen-bond donors (Lipinski definition) is 0. The van der Waals surface area contributed by atoms with E-state index in [1.165, 1.54) is 24.0 Å². The Labute approximate surface area is 224 Å². The molecule has 0 saturated carbocycles. The van der Waals surface area contributed by atoms with Crippen molar-refractivity contribution in [2.24, 2.45) is 5.41 Å². The van der Waals surface area contributed by atoms with Crippen LogP contribution in [0.2, 0.25) is 5.02 Å². The molecule has 5 nitrogen and oxygen atoms in total. The van der Waals surface area contributed by atoms with Crippen molar-refractivity contribution in [1.29, 1.82) is 0 Å². The summed E-state index contributed by atoms with van der Waals surface area (Å²) in [6.07, 6.45) is 4.46. The molecule has 0 bridgehead atoms. The first-order valence-corrected chi connectivity index (χ1v) is 13.5. The van der Waals surface area contributed by atoms with E-state index in [2.05, 4.69) is 35.2 Å². The molecule has 0 aromatic heterocycles. The molecule has 2 heterocycles.